The molecule has 0 aliphatic heterocycles. The molecule has 5 heteroatoms. The molecule has 1 nitrogen and oxygen atoms in total. The second kappa shape index (κ2) is 7.05. The first-order chi connectivity index (χ1) is 9.54. The van der Waals surface area contributed by atoms with Crippen LogP contribution >= 0.6 is 47.8 Å². The Morgan fingerprint density at radius 3 is 2.50 bits per heavy atom. The maximum Gasteiger partial charge on any atom is 0.133 e. The van der Waals surface area contributed by atoms with Crippen molar-refractivity contribution in [3.63, 3.8) is 0 Å². The van der Waals surface area contributed by atoms with Crippen LogP contribution in [0.5, 0.6) is 5.75 Å². The van der Waals surface area contributed by atoms with Crippen molar-refractivity contribution >= 4 is 47.8 Å². The SMILES string of the molecule is CCOc1ccc(C(Br)c2c(F)cccc2Br)cc1Br. The number of hydrogen-bond donors (Lipinski definition) is 0. The zero-order valence-corrected chi connectivity index (χ0v) is 15.4. The highest BCUT2D eigenvalue weighted by molar-refractivity contribution is 9.11. The molecule has 1 unspecified atom stereocenters. The summed E-state index contributed by atoms with van der Waals surface area (Å²) in [6.07, 6.45) is 0. The smallest absolute Gasteiger partial charge is 0.133 e. The van der Waals surface area contributed by atoms with E-state index >= 15 is 0 Å². The Morgan fingerprint density at radius 1 is 1.15 bits per heavy atom. The first-order valence-electron chi connectivity index (χ1n) is 6.04. The van der Waals surface area contributed by atoms with Crippen molar-refractivity contribution in [3.05, 3.63) is 62.3 Å². The average Bonchev–Trinajstić information content (AvgIpc) is 2.41. The number of alkyl halides is 1. The van der Waals surface area contributed by atoms with Crippen LogP contribution in [-0.4, -0.2) is 6.61 Å². The van der Waals surface area contributed by atoms with E-state index in [1.807, 2.05) is 31.2 Å². The van der Waals surface area contributed by atoms with Gasteiger partial charge >= 0.3 is 0 Å². The fourth-order valence-corrected chi connectivity index (χ4v) is 4.01. The Bertz CT molecular complexity index is 596. The van der Waals surface area contributed by atoms with Gasteiger partial charge in [0.15, 0.2) is 0 Å². The van der Waals surface area contributed by atoms with Gasteiger partial charge in [-0.2, -0.15) is 0 Å². The maximum absolute atomic E-state index is 14.0. The molecule has 0 aliphatic rings. The molecule has 0 spiro atoms. The van der Waals surface area contributed by atoms with Crippen molar-refractivity contribution in [3.8, 4) is 5.75 Å². The van der Waals surface area contributed by atoms with Crippen molar-refractivity contribution in [2.45, 2.75) is 11.8 Å². The van der Waals surface area contributed by atoms with Crippen molar-refractivity contribution in [2.24, 2.45) is 0 Å². The predicted molar refractivity (Wildman–Crippen MR) is 90.2 cm³/mol. The number of halogens is 4. The van der Waals surface area contributed by atoms with Crippen LogP contribution in [0.4, 0.5) is 4.39 Å². The molecule has 0 N–H and O–H groups in total. The van der Waals surface area contributed by atoms with Crippen molar-refractivity contribution in [2.75, 3.05) is 6.61 Å². The van der Waals surface area contributed by atoms with Gasteiger partial charge in [0.1, 0.15) is 11.6 Å². The van der Waals surface area contributed by atoms with Crippen LogP contribution < -0.4 is 4.74 Å². The Kier molecular flexibility index (Phi) is 5.64. The summed E-state index contributed by atoms with van der Waals surface area (Å²) in [7, 11) is 0. The molecule has 0 fully saturated rings. The molecule has 2 rings (SSSR count). The largest absolute Gasteiger partial charge is 0.493 e. The van der Waals surface area contributed by atoms with Crippen molar-refractivity contribution in [1.29, 1.82) is 0 Å². The van der Waals surface area contributed by atoms with Gasteiger partial charge in [0.05, 0.1) is 15.9 Å². The molecule has 1 atom stereocenters. The van der Waals surface area contributed by atoms with E-state index in [0.29, 0.717) is 12.2 Å². The number of hydrogen-bond acceptors (Lipinski definition) is 1. The van der Waals surface area contributed by atoms with E-state index < -0.39 is 0 Å². The minimum atomic E-state index is -0.244. The van der Waals surface area contributed by atoms with Gasteiger partial charge in [-0.3, -0.25) is 0 Å². The van der Waals surface area contributed by atoms with Gasteiger partial charge in [-0.25, -0.2) is 4.39 Å². The normalized spacial score (nSPS) is 12.2. The van der Waals surface area contributed by atoms with Crippen LogP contribution in [0.2, 0.25) is 0 Å². The number of benzene rings is 2. The predicted octanol–water partition coefficient (Wildman–Crippen LogP) is 6.23. The highest BCUT2D eigenvalue weighted by Gasteiger charge is 2.18. The maximum atomic E-state index is 14.0. The van der Waals surface area contributed by atoms with E-state index in [4.69, 9.17) is 4.74 Å². The highest BCUT2D eigenvalue weighted by Crippen LogP contribution is 2.39. The van der Waals surface area contributed by atoms with E-state index in [2.05, 4.69) is 47.8 Å². The third-order valence-electron chi connectivity index (χ3n) is 2.80. The minimum Gasteiger partial charge on any atom is -0.493 e. The fourth-order valence-electron chi connectivity index (χ4n) is 1.87. The molecular formula is C15H12Br3FO. The number of rotatable bonds is 4. The van der Waals surface area contributed by atoms with E-state index in [1.54, 1.807) is 6.07 Å². The zero-order chi connectivity index (χ0) is 14.7. The standard InChI is InChI=1S/C15H12Br3FO/c1-2-20-13-7-6-9(8-11(13)17)15(18)14-10(16)4-3-5-12(14)19/h3-8,15H,2H2,1H3. The van der Waals surface area contributed by atoms with E-state index in [9.17, 15) is 4.39 Å². The molecule has 0 aromatic heterocycles. The van der Waals surface area contributed by atoms with Crippen molar-refractivity contribution < 1.29 is 9.13 Å². The molecule has 106 valence electrons. The monoisotopic (exact) mass is 464 g/mol. The molecule has 0 saturated heterocycles. The Hall–Kier alpha value is -0.390. The van der Waals surface area contributed by atoms with Crippen LogP contribution in [-0.2, 0) is 0 Å². The van der Waals surface area contributed by atoms with Gasteiger partial charge in [0.2, 0.25) is 0 Å². The summed E-state index contributed by atoms with van der Waals surface area (Å²) in [4.78, 5) is -0.231. The molecule has 0 saturated carbocycles. The Morgan fingerprint density at radius 2 is 1.90 bits per heavy atom. The lowest BCUT2D eigenvalue weighted by molar-refractivity contribution is 0.338. The molecule has 0 heterocycles. The van der Waals surface area contributed by atoms with Gasteiger partial charge in [0, 0.05) is 10.0 Å². The van der Waals surface area contributed by atoms with E-state index in [0.717, 1.165) is 20.3 Å². The quantitative estimate of drug-likeness (QED) is 0.485. The third-order valence-corrected chi connectivity index (χ3v) is 5.10. The topological polar surface area (TPSA) is 9.23 Å². The molecule has 0 bridgehead atoms. The van der Waals surface area contributed by atoms with Gasteiger partial charge in [0.25, 0.3) is 0 Å². The lowest BCUT2D eigenvalue weighted by atomic mass is 10.0. The second-order valence-electron chi connectivity index (χ2n) is 4.12. The van der Waals surface area contributed by atoms with Gasteiger partial charge in [-0.1, -0.05) is 44.0 Å². The number of ether oxygens (including phenoxy) is 1. The summed E-state index contributed by atoms with van der Waals surface area (Å²) < 4.78 is 21.1. The summed E-state index contributed by atoms with van der Waals surface area (Å²) >= 11 is 10.4. The summed E-state index contributed by atoms with van der Waals surface area (Å²) in [6, 6.07) is 10.7. The van der Waals surface area contributed by atoms with Crippen LogP contribution in [0, 0.1) is 5.82 Å². The van der Waals surface area contributed by atoms with E-state index in [-0.39, 0.29) is 10.6 Å². The van der Waals surface area contributed by atoms with Gasteiger partial charge in [-0.15, -0.1) is 0 Å². The summed E-state index contributed by atoms with van der Waals surface area (Å²) in [5, 5.41) is 0. The molecule has 2 aromatic carbocycles. The molecule has 2 aromatic rings. The molecule has 0 amide bonds. The average molecular weight is 467 g/mol. The molecular weight excluding hydrogens is 455 g/mol. The van der Waals surface area contributed by atoms with Crippen LogP contribution in [0.3, 0.4) is 0 Å². The summed E-state index contributed by atoms with van der Waals surface area (Å²) in [5.74, 6) is 0.537. The second-order valence-corrected chi connectivity index (χ2v) is 6.75. The molecule has 0 radical (unpaired) electrons. The van der Waals surface area contributed by atoms with Crippen molar-refractivity contribution in [1.82, 2.24) is 0 Å². The molecule has 0 aliphatic carbocycles. The first kappa shape index (κ1) is 16.0. The van der Waals surface area contributed by atoms with E-state index in [1.165, 1.54) is 6.07 Å². The lowest BCUT2D eigenvalue weighted by Gasteiger charge is -2.15. The Labute approximate surface area is 142 Å². The van der Waals surface area contributed by atoms with Crippen LogP contribution in [0.25, 0.3) is 0 Å². The van der Waals surface area contributed by atoms with Crippen LogP contribution in [0.15, 0.2) is 45.3 Å². The molecule has 20 heavy (non-hydrogen) atoms. The third kappa shape index (κ3) is 3.43. The first-order valence-corrected chi connectivity index (χ1v) is 8.55. The minimum absolute atomic E-state index is 0.231. The van der Waals surface area contributed by atoms with Gasteiger partial charge < -0.3 is 4.74 Å². The van der Waals surface area contributed by atoms with Gasteiger partial charge in [-0.05, 0) is 52.7 Å². The Balaban J connectivity index is 2.39. The lowest BCUT2D eigenvalue weighted by Crippen LogP contribution is -1.99. The highest BCUT2D eigenvalue weighted by atomic mass is 79.9. The summed E-state index contributed by atoms with van der Waals surface area (Å²) in [5.41, 5.74) is 1.54. The zero-order valence-electron chi connectivity index (χ0n) is 10.7. The summed E-state index contributed by atoms with van der Waals surface area (Å²) in [6.45, 7) is 2.54. The van der Waals surface area contributed by atoms with Crippen LogP contribution in [0.1, 0.15) is 22.9 Å². The fraction of sp³-hybridized carbons (Fsp3) is 0.200.